The summed E-state index contributed by atoms with van der Waals surface area (Å²) in [6, 6.07) is 7.67. The van der Waals surface area contributed by atoms with Gasteiger partial charge in [0.05, 0.1) is 6.54 Å². The second kappa shape index (κ2) is 8.25. The van der Waals surface area contributed by atoms with E-state index in [1.165, 1.54) is 11.3 Å². The largest absolute Gasteiger partial charge is 0.349 e. The van der Waals surface area contributed by atoms with Crippen LogP contribution >= 0.6 is 11.3 Å². The van der Waals surface area contributed by atoms with Crippen LogP contribution in [0, 0.1) is 6.92 Å². The molecule has 1 heterocycles. The molecule has 2 amide bonds. The van der Waals surface area contributed by atoms with E-state index < -0.39 is 0 Å². The molecule has 0 aliphatic heterocycles. The van der Waals surface area contributed by atoms with Gasteiger partial charge in [-0.3, -0.25) is 9.59 Å². The standard InChI is InChI=1S/C19H25N3O2S/c1-12(2)20-18(23)16-11-25-17(21-16)10-22(13(3)4)19(24)15-9-7-6-8-14(15)5/h6-9,11-13H,10H2,1-5H3,(H,20,23). The third kappa shape index (κ3) is 4.89. The highest BCUT2D eigenvalue weighted by Crippen LogP contribution is 2.18. The monoisotopic (exact) mass is 359 g/mol. The molecular weight excluding hydrogens is 334 g/mol. The Morgan fingerprint density at radius 1 is 1.20 bits per heavy atom. The maximum atomic E-state index is 12.9. The minimum absolute atomic E-state index is 0.0171. The van der Waals surface area contributed by atoms with Gasteiger partial charge in [-0.15, -0.1) is 11.3 Å². The van der Waals surface area contributed by atoms with E-state index in [-0.39, 0.29) is 23.9 Å². The van der Waals surface area contributed by atoms with E-state index in [0.29, 0.717) is 17.8 Å². The molecule has 6 heteroatoms. The van der Waals surface area contributed by atoms with Crippen LogP contribution in [0.5, 0.6) is 0 Å². The van der Waals surface area contributed by atoms with Crippen molar-refractivity contribution in [3.8, 4) is 0 Å². The molecule has 5 nitrogen and oxygen atoms in total. The molecule has 25 heavy (non-hydrogen) atoms. The number of thiazole rings is 1. The van der Waals surface area contributed by atoms with Gasteiger partial charge in [-0.25, -0.2) is 4.98 Å². The fraction of sp³-hybridized carbons (Fsp3) is 0.421. The summed E-state index contributed by atoms with van der Waals surface area (Å²) in [4.78, 5) is 31.1. The molecule has 1 aromatic heterocycles. The average molecular weight is 359 g/mol. The lowest BCUT2D eigenvalue weighted by Gasteiger charge is -2.26. The minimum atomic E-state index is -0.182. The van der Waals surface area contributed by atoms with Crippen molar-refractivity contribution in [1.82, 2.24) is 15.2 Å². The Morgan fingerprint density at radius 2 is 1.88 bits per heavy atom. The quantitative estimate of drug-likeness (QED) is 0.856. The zero-order valence-corrected chi connectivity index (χ0v) is 16.2. The van der Waals surface area contributed by atoms with E-state index in [9.17, 15) is 9.59 Å². The molecule has 134 valence electrons. The summed E-state index contributed by atoms with van der Waals surface area (Å²) in [5.74, 6) is -0.199. The summed E-state index contributed by atoms with van der Waals surface area (Å²) < 4.78 is 0. The van der Waals surface area contributed by atoms with Gasteiger partial charge in [0, 0.05) is 23.0 Å². The summed E-state index contributed by atoms with van der Waals surface area (Å²) in [5, 5.41) is 5.32. The molecular formula is C19H25N3O2S. The van der Waals surface area contributed by atoms with Gasteiger partial charge in [-0.1, -0.05) is 18.2 Å². The summed E-state index contributed by atoms with van der Waals surface area (Å²) in [6.07, 6.45) is 0. The molecule has 0 fully saturated rings. The fourth-order valence-electron chi connectivity index (χ4n) is 2.43. The van der Waals surface area contributed by atoms with Gasteiger partial charge in [-0.05, 0) is 46.2 Å². The van der Waals surface area contributed by atoms with E-state index >= 15 is 0 Å². The average Bonchev–Trinajstić information content (AvgIpc) is 3.00. The first-order valence-electron chi connectivity index (χ1n) is 8.41. The number of nitrogens with zero attached hydrogens (tertiary/aromatic N) is 2. The molecule has 0 saturated carbocycles. The lowest BCUT2D eigenvalue weighted by atomic mass is 10.1. The second-order valence-electron chi connectivity index (χ2n) is 6.60. The van der Waals surface area contributed by atoms with Crippen LogP contribution in [-0.2, 0) is 6.54 Å². The molecule has 0 bridgehead atoms. The summed E-state index contributed by atoms with van der Waals surface area (Å²) in [5.41, 5.74) is 2.06. The van der Waals surface area contributed by atoms with E-state index in [1.807, 2.05) is 58.9 Å². The molecule has 0 atom stereocenters. The Balaban J connectivity index is 2.18. The third-order valence-corrected chi connectivity index (χ3v) is 4.60. The first kappa shape index (κ1) is 19.1. The Hall–Kier alpha value is -2.21. The molecule has 0 spiro atoms. The van der Waals surface area contributed by atoms with Crippen LogP contribution in [0.4, 0.5) is 0 Å². The van der Waals surface area contributed by atoms with Crippen molar-refractivity contribution in [2.75, 3.05) is 0 Å². The number of aryl methyl sites for hydroxylation is 1. The topological polar surface area (TPSA) is 62.3 Å². The van der Waals surface area contributed by atoms with Gasteiger partial charge in [0.2, 0.25) is 0 Å². The Bertz CT molecular complexity index is 753. The highest BCUT2D eigenvalue weighted by atomic mass is 32.1. The Morgan fingerprint density at radius 3 is 2.48 bits per heavy atom. The van der Waals surface area contributed by atoms with Gasteiger partial charge in [0.15, 0.2) is 0 Å². The Labute approximate surface area is 153 Å². The van der Waals surface area contributed by atoms with Crippen LogP contribution < -0.4 is 5.32 Å². The molecule has 0 radical (unpaired) electrons. The molecule has 0 aliphatic rings. The number of hydrogen-bond acceptors (Lipinski definition) is 4. The highest BCUT2D eigenvalue weighted by Gasteiger charge is 2.22. The van der Waals surface area contributed by atoms with Gasteiger partial charge < -0.3 is 10.2 Å². The van der Waals surface area contributed by atoms with Crippen molar-refractivity contribution >= 4 is 23.2 Å². The summed E-state index contributed by atoms with van der Waals surface area (Å²) in [7, 11) is 0. The number of carbonyl (C=O) groups is 2. The normalized spacial score (nSPS) is 11.0. The molecule has 1 aromatic carbocycles. The van der Waals surface area contributed by atoms with Crippen molar-refractivity contribution in [2.24, 2.45) is 0 Å². The molecule has 0 aliphatic carbocycles. The number of nitrogens with one attached hydrogen (secondary N) is 1. The van der Waals surface area contributed by atoms with Crippen molar-refractivity contribution in [2.45, 2.75) is 53.2 Å². The van der Waals surface area contributed by atoms with Gasteiger partial charge in [0.1, 0.15) is 10.7 Å². The van der Waals surface area contributed by atoms with Crippen LogP contribution in [-0.4, -0.2) is 33.8 Å². The van der Waals surface area contributed by atoms with Crippen molar-refractivity contribution in [3.05, 3.63) is 51.5 Å². The molecule has 2 rings (SSSR count). The molecule has 2 aromatic rings. The first-order valence-corrected chi connectivity index (χ1v) is 9.29. The number of carbonyl (C=O) groups excluding carboxylic acids is 2. The highest BCUT2D eigenvalue weighted by molar-refractivity contribution is 7.09. The van der Waals surface area contributed by atoms with Crippen molar-refractivity contribution in [1.29, 1.82) is 0 Å². The van der Waals surface area contributed by atoms with E-state index in [2.05, 4.69) is 10.3 Å². The second-order valence-corrected chi connectivity index (χ2v) is 7.54. The fourth-order valence-corrected chi connectivity index (χ4v) is 3.20. The maximum absolute atomic E-state index is 12.9. The van der Waals surface area contributed by atoms with E-state index in [4.69, 9.17) is 0 Å². The lowest BCUT2D eigenvalue weighted by molar-refractivity contribution is 0.0689. The zero-order chi connectivity index (χ0) is 18.6. The van der Waals surface area contributed by atoms with Crippen LogP contribution in [0.2, 0.25) is 0 Å². The smallest absolute Gasteiger partial charge is 0.270 e. The van der Waals surface area contributed by atoms with Gasteiger partial charge >= 0.3 is 0 Å². The van der Waals surface area contributed by atoms with Crippen LogP contribution in [0.25, 0.3) is 0 Å². The minimum Gasteiger partial charge on any atom is -0.349 e. The zero-order valence-electron chi connectivity index (χ0n) is 15.4. The van der Waals surface area contributed by atoms with E-state index in [1.54, 1.807) is 10.3 Å². The van der Waals surface area contributed by atoms with E-state index in [0.717, 1.165) is 10.6 Å². The summed E-state index contributed by atoms with van der Waals surface area (Å²) >= 11 is 1.40. The van der Waals surface area contributed by atoms with Crippen molar-refractivity contribution in [3.63, 3.8) is 0 Å². The first-order chi connectivity index (χ1) is 11.8. The Kier molecular flexibility index (Phi) is 6.31. The predicted molar refractivity (Wildman–Crippen MR) is 101 cm³/mol. The number of rotatable bonds is 6. The lowest BCUT2D eigenvalue weighted by Crippen LogP contribution is -2.36. The number of benzene rings is 1. The number of amides is 2. The van der Waals surface area contributed by atoms with Gasteiger partial charge in [-0.2, -0.15) is 0 Å². The van der Waals surface area contributed by atoms with Crippen LogP contribution in [0.15, 0.2) is 29.6 Å². The van der Waals surface area contributed by atoms with Crippen LogP contribution in [0.3, 0.4) is 0 Å². The van der Waals surface area contributed by atoms with Crippen LogP contribution in [0.1, 0.15) is 59.1 Å². The predicted octanol–water partition coefficient (Wildman–Crippen LogP) is 3.64. The van der Waals surface area contributed by atoms with Gasteiger partial charge in [0.25, 0.3) is 11.8 Å². The summed E-state index contributed by atoms with van der Waals surface area (Å²) in [6.45, 7) is 10.1. The van der Waals surface area contributed by atoms with Crippen molar-refractivity contribution < 1.29 is 9.59 Å². The maximum Gasteiger partial charge on any atom is 0.270 e. The third-order valence-electron chi connectivity index (χ3n) is 3.77. The number of aromatic nitrogens is 1. The number of hydrogen-bond donors (Lipinski definition) is 1. The molecule has 0 saturated heterocycles. The SMILES string of the molecule is Cc1ccccc1C(=O)N(Cc1nc(C(=O)NC(C)C)cs1)C(C)C. The molecule has 0 unspecified atom stereocenters. The molecule has 1 N–H and O–H groups in total.